The highest BCUT2D eigenvalue weighted by Gasteiger charge is 2.32. The van der Waals surface area contributed by atoms with Crippen LogP contribution in [0.5, 0.6) is 0 Å². The van der Waals surface area contributed by atoms with Crippen LogP contribution in [0, 0.1) is 0 Å². The maximum Gasteiger partial charge on any atom is 0.325 e. The van der Waals surface area contributed by atoms with Crippen LogP contribution in [0.25, 0.3) is 0 Å². The Morgan fingerprint density at radius 3 is 2.30 bits per heavy atom. The average molecular weight is 286 g/mol. The number of nitrogens with zero attached hydrogens (tertiary/aromatic N) is 1. The molecule has 0 fully saturated rings. The number of likely N-dealkylation sites (N-methyl/N-ethyl adjacent to an activating group) is 1. The Hall–Kier alpha value is -0.610. The van der Waals surface area contributed by atoms with Crippen LogP contribution in [0.1, 0.15) is 59.8 Å². The van der Waals surface area contributed by atoms with Crippen molar-refractivity contribution in [2.24, 2.45) is 0 Å². The second-order valence-corrected chi connectivity index (χ2v) is 5.76. The van der Waals surface area contributed by atoms with Gasteiger partial charge in [-0.3, -0.25) is 4.79 Å². The fraction of sp³-hybridized carbons (Fsp3) is 0.938. The first-order valence-electron chi connectivity index (χ1n) is 7.98. The van der Waals surface area contributed by atoms with E-state index in [2.05, 4.69) is 31.1 Å². The quantitative estimate of drug-likeness (QED) is 0.468. The highest BCUT2D eigenvalue weighted by Crippen LogP contribution is 2.16. The Balaban J connectivity index is 4.16. The predicted molar refractivity (Wildman–Crippen MR) is 84.9 cm³/mol. The molecule has 4 nitrogen and oxygen atoms in total. The van der Waals surface area contributed by atoms with Crippen molar-refractivity contribution < 1.29 is 9.53 Å². The largest absolute Gasteiger partial charge is 0.468 e. The summed E-state index contributed by atoms with van der Waals surface area (Å²) in [5.41, 5.74) is -0.545. The maximum absolute atomic E-state index is 11.9. The standard InChI is InChI=1S/C16H34N2O2/c1-7-14(8-2)18(5)13-11-10-12-16(4,17-9-3)15(19)20-6/h14,17H,7-13H2,1-6H3. The number of carbonyl (C=O) groups is 1. The second-order valence-electron chi connectivity index (χ2n) is 5.76. The van der Waals surface area contributed by atoms with E-state index in [0.717, 1.165) is 32.4 Å². The second kappa shape index (κ2) is 10.2. The third-order valence-corrected chi connectivity index (χ3v) is 4.21. The van der Waals surface area contributed by atoms with E-state index in [4.69, 9.17) is 4.74 Å². The number of hydrogen-bond acceptors (Lipinski definition) is 4. The van der Waals surface area contributed by atoms with E-state index >= 15 is 0 Å². The van der Waals surface area contributed by atoms with Crippen molar-refractivity contribution in [3.05, 3.63) is 0 Å². The first-order valence-corrected chi connectivity index (χ1v) is 7.98. The van der Waals surface area contributed by atoms with Gasteiger partial charge in [0.1, 0.15) is 5.54 Å². The van der Waals surface area contributed by atoms with Gasteiger partial charge in [-0.1, -0.05) is 20.8 Å². The molecule has 20 heavy (non-hydrogen) atoms. The Kier molecular flexibility index (Phi) is 9.86. The number of hydrogen-bond donors (Lipinski definition) is 1. The fourth-order valence-electron chi connectivity index (χ4n) is 2.81. The lowest BCUT2D eigenvalue weighted by molar-refractivity contribution is -0.148. The third-order valence-electron chi connectivity index (χ3n) is 4.21. The van der Waals surface area contributed by atoms with Crippen molar-refractivity contribution in [3.63, 3.8) is 0 Å². The molecular weight excluding hydrogens is 252 g/mol. The summed E-state index contributed by atoms with van der Waals surface area (Å²) >= 11 is 0. The van der Waals surface area contributed by atoms with E-state index in [1.165, 1.54) is 20.0 Å². The third kappa shape index (κ3) is 6.23. The molecular formula is C16H34N2O2. The molecule has 1 unspecified atom stereocenters. The molecule has 0 aliphatic carbocycles. The van der Waals surface area contributed by atoms with E-state index in [0.29, 0.717) is 6.04 Å². The smallest absolute Gasteiger partial charge is 0.325 e. The lowest BCUT2D eigenvalue weighted by Gasteiger charge is -2.29. The van der Waals surface area contributed by atoms with Gasteiger partial charge in [-0.25, -0.2) is 0 Å². The van der Waals surface area contributed by atoms with Crippen LogP contribution in [-0.4, -0.2) is 49.7 Å². The first-order chi connectivity index (χ1) is 9.45. The van der Waals surface area contributed by atoms with Crippen molar-refractivity contribution in [3.8, 4) is 0 Å². The Bertz CT molecular complexity index is 267. The van der Waals surface area contributed by atoms with Gasteiger partial charge in [0, 0.05) is 6.04 Å². The highest BCUT2D eigenvalue weighted by molar-refractivity contribution is 5.80. The molecule has 4 heteroatoms. The van der Waals surface area contributed by atoms with Crippen molar-refractivity contribution in [2.75, 3.05) is 27.2 Å². The molecule has 0 aliphatic rings. The first kappa shape index (κ1) is 19.4. The summed E-state index contributed by atoms with van der Waals surface area (Å²) < 4.78 is 4.91. The summed E-state index contributed by atoms with van der Waals surface area (Å²) in [6.07, 6.45) is 5.37. The molecule has 0 aromatic rings. The van der Waals surface area contributed by atoms with E-state index < -0.39 is 5.54 Å². The lowest BCUT2D eigenvalue weighted by atomic mass is 9.94. The normalized spacial score (nSPS) is 14.6. The minimum atomic E-state index is -0.545. The van der Waals surface area contributed by atoms with Crippen molar-refractivity contribution in [2.45, 2.75) is 71.4 Å². The van der Waals surface area contributed by atoms with Gasteiger partial charge in [0.05, 0.1) is 7.11 Å². The van der Waals surface area contributed by atoms with Crippen LogP contribution in [0.15, 0.2) is 0 Å². The Morgan fingerprint density at radius 1 is 1.25 bits per heavy atom. The summed E-state index contributed by atoms with van der Waals surface area (Å²) in [6.45, 7) is 10.3. The molecule has 0 heterocycles. The molecule has 0 aromatic heterocycles. The molecule has 0 radical (unpaired) electrons. The number of carbonyl (C=O) groups excluding carboxylic acids is 1. The van der Waals surface area contributed by atoms with E-state index in [1.54, 1.807) is 0 Å². The molecule has 0 amide bonds. The van der Waals surface area contributed by atoms with E-state index in [1.807, 2.05) is 13.8 Å². The molecule has 0 saturated carbocycles. The van der Waals surface area contributed by atoms with Crippen LogP contribution >= 0.6 is 0 Å². The minimum Gasteiger partial charge on any atom is -0.468 e. The van der Waals surface area contributed by atoms with Crippen LogP contribution in [0.2, 0.25) is 0 Å². The lowest BCUT2D eigenvalue weighted by Crippen LogP contribution is -2.50. The fourth-order valence-corrected chi connectivity index (χ4v) is 2.81. The molecule has 1 N–H and O–H groups in total. The zero-order valence-electron chi connectivity index (χ0n) is 14.3. The molecule has 0 rings (SSSR count). The monoisotopic (exact) mass is 286 g/mol. The molecule has 0 aromatic carbocycles. The van der Waals surface area contributed by atoms with Gasteiger partial charge < -0.3 is 15.0 Å². The summed E-state index contributed by atoms with van der Waals surface area (Å²) in [5.74, 6) is -0.160. The SMILES string of the molecule is CCNC(C)(CCCCN(C)C(CC)CC)C(=O)OC. The zero-order valence-corrected chi connectivity index (χ0v) is 14.3. The van der Waals surface area contributed by atoms with Gasteiger partial charge in [0.25, 0.3) is 0 Å². The van der Waals surface area contributed by atoms with Crippen LogP contribution < -0.4 is 5.32 Å². The number of unbranched alkanes of at least 4 members (excludes halogenated alkanes) is 1. The summed E-state index contributed by atoms with van der Waals surface area (Å²) in [7, 11) is 3.65. The number of rotatable bonds is 11. The Morgan fingerprint density at radius 2 is 1.85 bits per heavy atom. The number of nitrogens with one attached hydrogen (secondary N) is 1. The predicted octanol–water partition coefficient (Wildman–Crippen LogP) is 2.82. The number of methoxy groups -OCH3 is 1. The molecule has 0 spiro atoms. The van der Waals surface area contributed by atoms with Crippen LogP contribution in [0.3, 0.4) is 0 Å². The average Bonchev–Trinajstić information content (AvgIpc) is 2.44. The summed E-state index contributed by atoms with van der Waals surface area (Å²) in [6, 6.07) is 0.677. The minimum absolute atomic E-state index is 0.160. The molecule has 0 saturated heterocycles. The zero-order chi connectivity index (χ0) is 15.6. The molecule has 0 bridgehead atoms. The van der Waals surface area contributed by atoms with Gasteiger partial charge in [-0.2, -0.15) is 0 Å². The molecule has 1 atom stereocenters. The van der Waals surface area contributed by atoms with Gasteiger partial charge in [-0.05, 0) is 59.2 Å². The van der Waals surface area contributed by atoms with E-state index in [9.17, 15) is 4.79 Å². The van der Waals surface area contributed by atoms with Gasteiger partial charge >= 0.3 is 5.97 Å². The molecule has 0 aliphatic heterocycles. The summed E-state index contributed by atoms with van der Waals surface area (Å²) in [5, 5.41) is 3.25. The Labute approximate surface area is 125 Å². The topological polar surface area (TPSA) is 41.6 Å². The van der Waals surface area contributed by atoms with Crippen LogP contribution in [0.4, 0.5) is 0 Å². The van der Waals surface area contributed by atoms with E-state index in [-0.39, 0.29) is 5.97 Å². The van der Waals surface area contributed by atoms with Gasteiger partial charge in [-0.15, -0.1) is 0 Å². The van der Waals surface area contributed by atoms with Gasteiger partial charge in [0.15, 0.2) is 0 Å². The number of esters is 1. The summed E-state index contributed by atoms with van der Waals surface area (Å²) in [4.78, 5) is 14.3. The highest BCUT2D eigenvalue weighted by atomic mass is 16.5. The van der Waals surface area contributed by atoms with Crippen molar-refractivity contribution in [1.82, 2.24) is 10.2 Å². The number of ether oxygens (including phenoxy) is 1. The molecule has 120 valence electrons. The van der Waals surface area contributed by atoms with Crippen molar-refractivity contribution >= 4 is 5.97 Å². The van der Waals surface area contributed by atoms with Crippen LogP contribution in [-0.2, 0) is 9.53 Å². The van der Waals surface area contributed by atoms with Crippen molar-refractivity contribution in [1.29, 1.82) is 0 Å². The van der Waals surface area contributed by atoms with Gasteiger partial charge in [0.2, 0.25) is 0 Å². The maximum atomic E-state index is 11.9.